The van der Waals surface area contributed by atoms with E-state index >= 15 is 0 Å². The van der Waals surface area contributed by atoms with Crippen molar-refractivity contribution in [2.75, 3.05) is 58.0 Å². The van der Waals surface area contributed by atoms with E-state index in [1.807, 2.05) is 18.2 Å². The van der Waals surface area contributed by atoms with E-state index in [4.69, 9.17) is 14.2 Å². The van der Waals surface area contributed by atoms with Crippen LogP contribution >= 0.6 is 23.7 Å². The van der Waals surface area contributed by atoms with Gasteiger partial charge in [0.1, 0.15) is 17.3 Å². The molecule has 0 unspecified atom stereocenters. The molecule has 0 saturated carbocycles. The summed E-state index contributed by atoms with van der Waals surface area (Å²) < 4.78 is 30.4. The summed E-state index contributed by atoms with van der Waals surface area (Å²) >= 11 is 1.46. The number of methoxy groups -OCH3 is 1. The number of aromatic nitrogens is 1. The highest BCUT2D eigenvalue weighted by Crippen LogP contribution is 2.31. The molecule has 0 bridgehead atoms. The third kappa shape index (κ3) is 6.77. The molecular formula is C23H27ClFN3O4S. The molecule has 1 saturated heterocycles. The summed E-state index contributed by atoms with van der Waals surface area (Å²) in [6, 6.07) is 11.3. The number of benzene rings is 2. The maximum atomic E-state index is 13.1. The minimum absolute atomic E-state index is 0. The number of anilines is 1. The predicted molar refractivity (Wildman–Crippen MR) is 130 cm³/mol. The fourth-order valence-electron chi connectivity index (χ4n) is 3.50. The number of halogens is 2. The standard InChI is InChI=1S/C23H26FN3O4S.ClH/c1-29-19-7-8-21-20(15-19)25-23(32-21)27(10-2-9-26-11-13-30-14-12-26)22(28)16-31-18-5-3-17(24)4-6-18;/h3-8,15H,2,9-14,16H2,1H3;1H. The molecule has 1 fully saturated rings. The Kier molecular flexibility index (Phi) is 9.25. The van der Waals surface area contributed by atoms with Gasteiger partial charge in [-0.15, -0.1) is 12.4 Å². The van der Waals surface area contributed by atoms with Gasteiger partial charge in [-0.1, -0.05) is 11.3 Å². The Balaban J connectivity index is 0.00000306. The molecule has 0 atom stereocenters. The summed E-state index contributed by atoms with van der Waals surface area (Å²) in [5.74, 6) is 0.627. The number of ether oxygens (including phenoxy) is 3. The first-order valence-corrected chi connectivity index (χ1v) is 11.4. The predicted octanol–water partition coefficient (Wildman–Crippen LogP) is 4.00. The molecule has 1 amide bonds. The third-order valence-electron chi connectivity index (χ3n) is 5.25. The van der Waals surface area contributed by atoms with Crippen LogP contribution in [-0.2, 0) is 9.53 Å². The van der Waals surface area contributed by atoms with E-state index in [-0.39, 0.29) is 30.7 Å². The average molecular weight is 496 g/mol. The first-order chi connectivity index (χ1) is 15.6. The van der Waals surface area contributed by atoms with Crippen LogP contribution in [0.25, 0.3) is 10.2 Å². The summed E-state index contributed by atoms with van der Waals surface area (Å²) in [7, 11) is 1.61. The molecule has 10 heteroatoms. The zero-order chi connectivity index (χ0) is 22.3. The first-order valence-electron chi connectivity index (χ1n) is 10.6. The number of hydrogen-bond donors (Lipinski definition) is 0. The van der Waals surface area contributed by atoms with Gasteiger partial charge in [0.05, 0.1) is 30.5 Å². The lowest BCUT2D eigenvalue weighted by Crippen LogP contribution is -2.40. The minimum Gasteiger partial charge on any atom is -0.497 e. The van der Waals surface area contributed by atoms with E-state index in [2.05, 4.69) is 9.88 Å². The Labute approximate surface area is 202 Å². The van der Waals surface area contributed by atoms with Crippen LogP contribution < -0.4 is 14.4 Å². The van der Waals surface area contributed by atoms with Crippen LogP contribution in [0.1, 0.15) is 6.42 Å². The van der Waals surface area contributed by atoms with Crippen LogP contribution in [0.3, 0.4) is 0 Å². The van der Waals surface area contributed by atoms with Gasteiger partial charge in [0.2, 0.25) is 0 Å². The second-order valence-electron chi connectivity index (χ2n) is 7.43. The largest absolute Gasteiger partial charge is 0.497 e. The molecule has 7 nitrogen and oxygen atoms in total. The normalized spacial score (nSPS) is 14.0. The first kappa shape index (κ1) is 25.2. The number of rotatable bonds is 9. The molecule has 4 rings (SSSR count). The van der Waals surface area contributed by atoms with Crippen molar-refractivity contribution in [3.63, 3.8) is 0 Å². The topological polar surface area (TPSA) is 64.1 Å². The van der Waals surface area contributed by atoms with E-state index in [1.165, 1.54) is 35.6 Å². The molecular weight excluding hydrogens is 469 g/mol. The highest BCUT2D eigenvalue weighted by atomic mass is 35.5. The van der Waals surface area contributed by atoms with Gasteiger partial charge >= 0.3 is 0 Å². The molecule has 2 heterocycles. The van der Waals surface area contributed by atoms with Crippen molar-refractivity contribution in [2.45, 2.75) is 6.42 Å². The van der Waals surface area contributed by atoms with Crippen molar-refractivity contribution in [2.24, 2.45) is 0 Å². The van der Waals surface area contributed by atoms with Gasteiger partial charge in [0, 0.05) is 32.2 Å². The van der Waals surface area contributed by atoms with E-state index in [0.717, 1.165) is 55.2 Å². The number of nitrogens with zero attached hydrogens (tertiary/aromatic N) is 3. The molecule has 1 aromatic heterocycles. The monoisotopic (exact) mass is 495 g/mol. The van der Waals surface area contributed by atoms with Crippen molar-refractivity contribution in [3.8, 4) is 11.5 Å². The molecule has 0 radical (unpaired) electrons. The van der Waals surface area contributed by atoms with Crippen LogP contribution in [0.2, 0.25) is 0 Å². The molecule has 0 N–H and O–H groups in total. The van der Waals surface area contributed by atoms with Gasteiger partial charge < -0.3 is 14.2 Å². The van der Waals surface area contributed by atoms with Crippen molar-refractivity contribution < 1.29 is 23.4 Å². The second-order valence-corrected chi connectivity index (χ2v) is 8.43. The van der Waals surface area contributed by atoms with Crippen LogP contribution in [0.15, 0.2) is 42.5 Å². The maximum absolute atomic E-state index is 13.1. The van der Waals surface area contributed by atoms with Gasteiger partial charge in [-0.3, -0.25) is 14.6 Å². The number of carbonyl (C=O) groups excluding carboxylic acids is 1. The van der Waals surface area contributed by atoms with E-state index in [1.54, 1.807) is 12.0 Å². The molecule has 0 aliphatic carbocycles. The summed E-state index contributed by atoms with van der Waals surface area (Å²) in [4.78, 5) is 21.8. The molecule has 1 aliphatic heterocycles. The zero-order valence-corrected chi connectivity index (χ0v) is 20.0. The zero-order valence-electron chi connectivity index (χ0n) is 18.4. The fraction of sp³-hybridized carbons (Fsp3) is 0.391. The summed E-state index contributed by atoms with van der Waals surface area (Å²) in [6.45, 7) is 4.56. The lowest BCUT2D eigenvalue weighted by Gasteiger charge is -2.27. The Hall–Kier alpha value is -2.46. The number of fused-ring (bicyclic) bond motifs is 1. The number of thiazole rings is 1. The number of carbonyl (C=O) groups is 1. The lowest BCUT2D eigenvalue weighted by atomic mass is 10.3. The highest BCUT2D eigenvalue weighted by molar-refractivity contribution is 7.22. The third-order valence-corrected chi connectivity index (χ3v) is 6.31. The van der Waals surface area contributed by atoms with Crippen molar-refractivity contribution >= 4 is 45.0 Å². The summed E-state index contributed by atoms with van der Waals surface area (Å²) in [5.41, 5.74) is 0.787. The van der Waals surface area contributed by atoms with Gasteiger partial charge in [0.15, 0.2) is 11.7 Å². The molecule has 3 aromatic rings. The van der Waals surface area contributed by atoms with E-state index < -0.39 is 0 Å². The summed E-state index contributed by atoms with van der Waals surface area (Å²) in [5, 5.41) is 0.628. The Morgan fingerprint density at radius 2 is 1.91 bits per heavy atom. The maximum Gasteiger partial charge on any atom is 0.266 e. The lowest BCUT2D eigenvalue weighted by molar-refractivity contribution is -0.120. The Morgan fingerprint density at radius 1 is 1.18 bits per heavy atom. The fourth-order valence-corrected chi connectivity index (χ4v) is 4.48. The molecule has 33 heavy (non-hydrogen) atoms. The van der Waals surface area contributed by atoms with E-state index in [0.29, 0.717) is 17.4 Å². The smallest absolute Gasteiger partial charge is 0.266 e. The molecule has 178 valence electrons. The quantitative estimate of drug-likeness (QED) is 0.447. The van der Waals surface area contributed by atoms with Crippen LogP contribution in [0, 0.1) is 5.82 Å². The Bertz CT molecular complexity index is 1040. The Morgan fingerprint density at radius 3 is 2.64 bits per heavy atom. The second kappa shape index (κ2) is 12.1. The molecule has 1 aliphatic rings. The number of amides is 1. The average Bonchev–Trinajstić information content (AvgIpc) is 3.24. The number of hydrogen-bond acceptors (Lipinski definition) is 7. The van der Waals surface area contributed by atoms with Gasteiger partial charge in [-0.05, 0) is 42.8 Å². The van der Waals surface area contributed by atoms with Gasteiger partial charge in [-0.25, -0.2) is 9.37 Å². The van der Waals surface area contributed by atoms with Crippen LogP contribution in [-0.4, -0.2) is 68.9 Å². The van der Waals surface area contributed by atoms with E-state index in [9.17, 15) is 9.18 Å². The van der Waals surface area contributed by atoms with Gasteiger partial charge in [-0.2, -0.15) is 0 Å². The minimum atomic E-state index is -0.349. The molecule has 2 aromatic carbocycles. The highest BCUT2D eigenvalue weighted by Gasteiger charge is 2.21. The SMILES string of the molecule is COc1ccc2sc(N(CCCN3CCOCC3)C(=O)COc3ccc(F)cc3)nc2c1.Cl. The van der Waals surface area contributed by atoms with Gasteiger partial charge in [0.25, 0.3) is 5.91 Å². The van der Waals surface area contributed by atoms with Crippen molar-refractivity contribution in [3.05, 3.63) is 48.3 Å². The van der Waals surface area contributed by atoms with Crippen LogP contribution in [0.4, 0.5) is 9.52 Å². The molecule has 0 spiro atoms. The van der Waals surface area contributed by atoms with Crippen molar-refractivity contribution in [1.82, 2.24) is 9.88 Å². The summed E-state index contributed by atoms with van der Waals surface area (Å²) in [6.07, 6.45) is 0.807. The number of morpholine rings is 1. The van der Waals surface area contributed by atoms with Crippen molar-refractivity contribution in [1.29, 1.82) is 0 Å². The van der Waals surface area contributed by atoms with Crippen LogP contribution in [0.5, 0.6) is 11.5 Å².